The Morgan fingerprint density at radius 1 is 1.20 bits per heavy atom. The number of hydrogen-bond donors (Lipinski definition) is 1. The summed E-state index contributed by atoms with van der Waals surface area (Å²) in [6.07, 6.45) is 1.81. The number of nitrogens with zero attached hydrogens (tertiary/aromatic N) is 1. The average Bonchev–Trinajstić information content (AvgIpc) is 2.29. The molecular weight excluding hydrogens is 184 g/mol. The van der Waals surface area contributed by atoms with Crippen molar-refractivity contribution in [2.75, 3.05) is 0 Å². The fourth-order valence-electron chi connectivity index (χ4n) is 1.56. The molecule has 2 aromatic rings. The minimum absolute atomic E-state index is 0.557. The van der Waals surface area contributed by atoms with Crippen molar-refractivity contribution in [1.82, 2.24) is 4.98 Å². The third-order valence-corrected chi connectivity index (χ3v) is 2.37. The minimum Gasteiger partial charge on any atom is -0.326 e. The molecule has 1 aromatic heterocycles. The summed E-state index contributed by atoms with van der Waals surface area (Å²) in [5, 5.41) is 0. The van der Waals surface area contributed by atoms with E-state index in [-0.39, 0.29) is 0 Å². The predicted molar refractivity (Wildman–Crippen MR) is 62.3 cm³/mol. The number of aryl methyl sites for hydroxylation is 1. The number of hydrogen-bond acceptors (Lipinski definition) is 2. The summed E-state index contributed by atoms with van der Waals surface area (Å²) in [5.41, 5.74) is 10.1. The molecule has 0 amide bonds. The van der Waals surface area contributed by atoms with Crippen molar-refractivity contribution in [2.24, 2.45) is 5.73 Å². The quantitative estimate of drug-likeness (QED) is 0.805. The second-order valence-corrected chi connectivity index (χ2v) is 3.62. The van der Waals surface area contributed by atoms with Crippen molar-refractivity contribution in [1.29, 1.82) is 0 Å². The summed E-state index contributed by atoms with van der Waals surface area (Å²) in [5.74, 6) is 0. The van der Waals surface area contributed by atoms with Crippen molar-refractivity contribution < 1.29 is 0 Å². The van der Waals surface area contributed by atoms with Crippen molar-refractivity contribution in [3.8, 4) is 11.3 Å². The van der Waals surface area contributed by atoms with Crippen molar-refractivity contribution in [3.63, 3.8) is 0 Å². The van der Waals surface area contributed by atoms with Gasteiger partial charge in [-0.1, -0.05) is 23.8 Å². The Kier molecular flexibility index (Phi) is 2.79. The van der Waals surface area contributed by atoms with Gasteiger partial charge in [0.15, 0.2) is 0 Å². The third-order valence-electron chi connectivity index (χ3n) is 2.37. The van der Waals surface area contributed by atoms with E-state index in [9.17, 15) is 0 Å². The van der Waals surface area contributed by atoms with Crippen LogP contribution in [-0.2, 0) is 6.54 Å². The van der Waals surface area contributed by atoms with Gasteiger partial charge in [-0.25, -0.2) is 0 Å². The van der Waals surface area contributed by atoms with E-state index < -0.39 is 0 Å². The van der Waals surface area contributed by atoms with Gasteiger partial charge in [0.25, 0.3) is 0 Å². The molecule has 2 nitrogen and oxygen atoms in total. The minimum atomic E-state index is 0.557. The normalized spacial score (nSPS) is 10.3. The van der Waals surface area contributed by atoms with E-state index in [0.717, 1.165) is 16.8 Å². The van der Waals surface area contributed by atoms with Crippen LogP contribution in [0.3, 0.4) is 0 Å². The zero-order valence-corrected chi connectivity index (χ0v) is 8.77. The highest BCUT2D eigenvalue weighted by molar-refractivity contribution is 5.60. The Hall–Kier alpha value is -1.67. The Morgan fingerprint density at radius 3 is 2.80 bits per heavy atom. The van der Waals surface area contributed by atoms with Gasteiger partial charge in [0.2, 0.25) is 0 Å². The largest absolute Gasteiger partial charge is 0.326 e. The molecule has 0 fully saturated rings. The smallest absolute Gasteiger partial charge is 0.0705 e. The summed E-state index contributed by atoms with van der Waals surface area (Å²) < 4.78 is 0. The molecule has 0 radical (unpaired) electrons. The van der Waals surface area contributed by atoms with Gasteiger partial charge >= 0.3 is 0 Å². The van der Waals surface area contributed by atoms with Gasteiger partial charge in [-0.3, -0.25) is 4.98 Å². The van der Waals surface area contributed by atoms with Crippen LogP contribution in [0.5, 0.6) is 0 Å². The van der Waals surface area contributed by atoms with Gasteiger partial charge in [0.05, 0.1) is 5.69 Å². The molecule has 0 aliphatic carbocycles. The summed E-state index contributed by atoms with van der Waals surface area (Å²) in [6, 6.07) is 12.3. The number of nitrogens with two attached hydrogens (primary N) is 1. The van der Waals surface area contributed by atoms with Crippen molar-refractivity contribution in [3.05, 3.63) is 53.7 Å². The molecule has 0 saturated carbocycles. The lowest BCUT2D eigenvalue weighted by Crippen LogP contribution is -1.97. The molecule has 0 spiro atoms. The molecule has 0 atom stereocenters. The Labute approximate surface area is 89.8 Å². The second-order valence-electron chi connectivity index (χ2n) is 3.62. The highest BCUT2D eigenvalue weighted by Gasteiger charge is 1.99. The first kappa shape index (κ1) is 9.87. The summed E-state index contributed by atoms with van der Waals surface area (Å²) in [4.78, 5) is 4.34. The topological polar surface area (TPSA) is 38.9 Å². The zero-order chi connectivity index (χ0) is 10.7. The van der Waals surface area contributed by atoms with Gasteiger partial charge in [-0.05, 0) is 30.7 Å². The molecule has 0 saturated heterocycles. The molecule has 0 aliphatic heterocycles. The maximum atomic E-state index is 5.60. The van der Waals surface area contributed by atoms with Gasteiger partial charge in [-0.15, -0.1) is 0 Å². The maximum Gasteiger partial charge on any atom is 0.0705 e. The monoisotopic (exact) mass is 198 g/mol. The number of aromatic nitrogens is 1. The molecule has 0 aliphatic rings. The van der Waals surface area contributed by atoms with E-state index in [0.29, 0.717) is 6.54 Å². The SMILES string of the molecule is Cc1cccc(-c2cc(CN)ccn2)c1. The first-order valence-corrected chi connectivity index (χ1v) is 5.01. The number of rotatable bonds is 2. The zero-order valence-electron chi connectivity index (χ0n) is 8.77. The predicted octanol–water partition coefficient (Wildman–Crippen LogP) is 2.52. The summed E-state index contributed by atoms with van der Waals surface area (Å²) in [7, 11) is 0. The lowest BCUT2D eigenvalue weighted by molar-refractivity contribution is 1.06. The molecule has 2 rings (SSSR count). The second kappa shape index (κ2) is 4.24. The lowest BCUT2D eigenvalue weighted by Gasteiger charge is -2.03. The molecule has 2 heteroatoms. The van der Waals surface area contributed by atoms with Crippen LogP contribution in [-0.4, -0.2) is 4.98 Å². The third kappa shape index (κ3) is 2.22. The molecule has 1 heterocycles. The molecule has 2 N–H and O–H groups in total. The van der Waals surface area contributed by atoms with Gasteiger partial charge < -0.3 is 5.73 Å². The van der Waals surface area contributed by atoms with Crippen molar-refractivity contribution in [2.45, 2.75) is 13.5 Å². The fourth-order valence-corrected chi connectivity index (χ4v) is 1.56. The van der Waals surface area contributed by atoms with Crippen LogP contribution in [0.4, 0.5) is 0 Å². The highest BCUT2D eigenvalue weighted by atomic mass is 14.7. The van der Waals surface area contributed by atoms with E-state index in [1.54, 1.807) is 6.20 Å². The van der Waals surface area contributed by atoms with E-state index >= 15 is 0 Å². The maximum absolute atomic E-state index is 5.60. The highest BCUT2D eigenvalue weighted by Crippen LogP contribution is 2.18. The molecule has 1 aromatic carbocycles. The van der Waals surface area contributed by atoms with Crippen LogP contribution in [0.25, 0.3) is 11.3 Å². The average molecular weight is 198 g/mol. The first-order valence-electron chi connectivity index (χ1n) is 5.01. The van der Waals surface area contributed by atoms with Gasteiger partial charge in [0.1, 0.15) is 0 Å². The standard InChI is InChI=1S/C13H14N2/c1-10-3-2-4-12(7-10)13-8-11(9-14)5-6-15-13/h2-8H,9,14H2,1H3. The van der Waals surface area contributed by atoms with Crippen LogP contribution in [0.1, 0.15) is 11.1 Å². The van der Waals surface area contributed by atoms with Crippen LogP contribution in [0.2, 0.25) is 0 Å². The van der Waals surface area contributed by atoms with Gasteiger partial charge in [-0.2, -0.15) is 0 Å². The van der Waals surface area contributed by atoms with E-state index in [2.05, 4.69) is 30.1 Å². The molecule has 0 bridgehead atoms. The Morgan fingerprint density at radius 2 is 2.07 bits per heavy atom. The molecule has 15 heavy (non-hydrogen) atoms. The van der Waals surface area contributed by atoms with Crippen LogP contribution in [0, 0.1) is 6.92 Å². The Bertz CT molecular complexity index is 464. The summed E-state index contributed by atoms with van der Waals surface area (Å²) in [6.45, 7) is 2.64. The van der Waals surface area contributed by atoms with E-state index in [1.165, 1.54) is 5.56 Å². The molecule has 0 unspecified atom stereocenters. The number of benzene rings is 1. The van der Waals surface area contributed by atoms with Crippen LogP contribution >= 0.6 is 0 Å². The van der Waals surface area contributed by atoms with Crippen LogP contribution < -0.4 is 5.73 Å². The summed E-state index contributed by atoms with van der Waals surface area (Å²) >= 11 is 0. The fraction of sp³-hybridized carbons (Fsp3) is 0.154. The van der Waals surface area contributed by atoms with E-state index in [1.807, 2.05) is 18.2 Å². The van der Waals surface area contributed by atoms with Gasteiger partial charge in [0, 0.05) is 18.3 Å². The van der Waals surface area contributed by atoms with Crippen LogP contribution in [0.15, 0.2) is 42.6 Å². The van der Waals surface area contributed by atoms with E-state index in [4.69, 9.17) is 5.73 Å². The number of pyridine rings is 1. The molecule has 76 valence electrons. The molecular formula is C13H14N2. The first-order chi connectivity index (χ1) is 7.29. The van der Waals surface area contributed by atoms with Crippen molar-refractivity contribution >= 4 is 0 Å². The Balaban J connectivity index is 2.44. The lowest BCUT2D eigenvalue weighted by atomic mass is 10.1.